The van der Waals surface area contributed by atoms with Crippen LogP contribution in [0, 0.1) is 0 Å². The van der Waals surface area contributed by atoms with Crippen molar-refractivity contribution in [3.8, 4) is 34.5 Å². The molecule has 105 heavy (non-hydrogen) atoms. The fourth-order valence-corrected chi connectivity index (χ4v) is 22.0. The number of carboxylic acid groups (broad SMARTS) is 2. The zero-order valence-electron chi connectivity index (χ0n) is 62.8. The van der Waals surface area contributed by atoms with E-state index < -0.39 is 76.9 Å². The van der Waals surface area contributed by atoms with Gasteiger partial charge in [0.2, 0.25) is 20.4 Å². The Morgan fingerprint density at radius 1 is 0.390 bits per heavy atom. The molecule has 3 spiro atoms. The Bertz CT molecular complexity index is 3960. The smallest absolute Gasteiger partial charge is 0.339 e. The maximum atomic E-state index is 13.9. The van der Waals surface area contributed by atoms with Crippen LogP contribution < -0.4 is 28.4 Å². The fourth-order valence-electron chi connectivity index (χ4n) is 22.0. The van der Waals surface area contributed by atoms with E-state index >= 15 is 0 Å². The van der Waals surface area contributed by atoms with Crippen molar-refractivity contribution < 1.29 is 91.0 Å². The molecule has 3 aromatic carbocycles. The number of hydrogen-bond donors (Lipinski definition) is 2. The van der Waals surface area contributed by atoms with Crippen LogP contribution in [0.4, 0.5) is 0 Å². The molecule has 6 fully saturated rings. The van der Waals surface area contributed by atoms with Crippen molar-refractivity contribution in [2.45, 2.75) is 284 Å². The summed E-state index contributed by atoms with van der Waals surface area (Å²) in [6.45, 7) is 26.5. The lowest BCUT2D eigenvalue weighted by atomic mass is 9.77. The molecule has 3 aromatic rings. The maximum absolute atomic E-state index is 13.9. The van der Waals surface area contributed by atoms with Crippen LogP contribution in [0.15, 0.2) is 71.3 Å². The van der Waals surface area contributed by atoms with E-state index in [1.165, 1.54) is 22.3 Å². The molecule has 22 nitrogen and oxygen atoms in total. The summed E-state index contributed by atoms with van der Waals surface area (Å²) < 4.78 is 72.2. The van der Waals surface area contributed by atoms with Crippen molar-refractivity contribution >= 4 is 29.8 Å². The van der Waals surface area contributed by atoms with Crippen LogP contribution in [0.25, 0.3) is 0 Å². The second kappa shape index (κ2) is 26.3. The van der Waals surface area contributed by atoms with Gasteiger partial charge >= 0.3 is 29.8 Å². The van der Waals surface area contributed by atoms with Gasteiger partial charge in [0.1, 0.15) is 18.3 Å². The highest BCUT2D eigenvalue weighted by atomic mass is 16.7. The summed E-state index contributed by atoms with van der Waals surface area (Å²) in [7, 11) is 0. The Labute approximate surface area is 615 Å². The molecule has 8 unspecified atom stereocenters. The highest BCUT2D eigenvalue weighted by molar-refractivity contribution is 5.87. The second-order valence-electron chi connectivity index (χ2n) is 34.8. The molecule has 12 aliphatic heterocycles. The van der Waals surface area contributed by atoms with E-state index in [1.54, 1.807) is 0 Å². The summed E-state index contributed by atoms with van der Waals surface area (Å²) in [4.78, 5) is 72.8. The van der Waals surface area contributed by atoms with Gasteiger partial charge in [-0.2, -0.15) is 0 Å². The average molecular weight is 1450 g/mol. The Kier molecular flexibility index (Phi) is 18.0. The van der Waals surface area contributed by atoms with Crippen LogP contribution in [0.1, 0.15) is 230 Å². The number of fused-ring (bicyclic) bond motifs is 9. The van der Waals surface area contributed by atoms with E-state index in [1.807, 2.05) is 48.5 Å². The third kappa shape index (κ3) is 12.5. The number of carboxylic acids is 2. The number of rotatable bonds is 10. The van der Waals surface area contributed by atoms with E-state index in [-0.39, 0.29) is 72.4 Å². The zero-order valence-corrected chi connectivity index (χ0v) is 62.8. The number of benzene rings is 3. The first kappa shape index (κ1) is 72.0. The quantitative estimate of drug-likeness (QED) is 0.109. The third-order valence-corrected chi connectivity index (χ3v) is 26.3. The van der Waals surface area contributed by atoms with Crippen molar-refractivity contribution in [3.05, 3.63) is 105 Å². The number of ether oxygens (including phenoxy) is 12. The minimum Gasteiger partial charge on any atom is -0.481 e. The molecule has 0 bridgehead atoms. The molecule has 2 N–H and O–H groups in total. The molecule has 3 aliphatic carbocycles. The molecule has 12 atom stereocenters. The SMILES string of the molecule is CC1=CC23CCCN2CCc2cc4c(cc2[C@@H]3C1OC(=O)C1(C)CCCC(C)(C)O1)OCO4.CC1=CC23CCCN2CCc2cc4c(cc2[C@@H]3C1OC(=O)C1(CC(=O)O)CCCC(C)(C)O1)OCO4.CC1=CC23CCCN2CCc2cc4c(cc2[C@@H]3C1OC(=O)[C@]1(CC(=O)O)CCCC(C)(C)O1)OCO4. The summed E-state index contributed by atoms with van der Waals surface area (Å²) >= 11 is 0. The van der Waals surface area contributed by atoms with Crippen molar-refractivity contribution in [1.29, 1.82) is 0 Å². The Morgan fingerprint density at radius 2 is 0.695 bits per heavy atom. The number of carbonyl (C=O) groups excluding carboxylic acids is 3. The normalized spacial score (nSPS) is 34.9. The zero-order chi connectivity index (χ0) is 73.6. The predicted octanol–water partition coefficient (Wildman–Crippen LogP) is 12.4. The lowest BCUT2D eigenvalue weighted by Gasteiger charge is -2.44. The standard InChI is InChI=1S/2C28H35NO7.C27H35NO5/c2*1-17-14-27-8-5-10-29(27)11-6-18-12-20-21(34-16-33-20)13-19(18)23(27)24(17)35-25(32)28(15-22(30)31)9-4-7-26(2,3)36-28;1-17-15-27-10-6-11-28(27)12-7-18-13-20-21(31-16-30-20)14-19(18)22(27)23(17)32-24(29)26(4)9-5-8-25(2,3)33-26/h2*12-14,23-24H,4-11,15-16H2,1-3H3,(H,30,31);13-15,22-23H,5-12,16H2,1-4H3/t23-,24?,27?,28?;23-,24?,27?,28-;22-,23?,26?,27?/m111/s1. The number of hydrogen-bond acceptors (Lipinski definition) is 20. The van der Waals surface area contributed by atoms with E-state index in [0.29, 0.717) is 32.1 Å². The summed E-state index contributed by atoms with van der Waals surface area (Å²) in [5.74, 6) is 0.964. The minimum atomic E-state index is -1.48. The van der Waals surface area contributed by atoms with Gasteiger partial charge in [-0.15, -0.1) is 0 Å². The summed E-state index contributed by atoms with van der Waals surface area (Å²) in [5, 5.41) is 19.4. The fraction of sp³-hybridized carbons (Fsp3) is 0.651. The Hall–Kier alpha value is -7.21. The lowest BCUT2D eigenvalue weighted by Crippen LogP contribution is -2.54. The van der Waals surface area contributed by atoms with Crippen molar-refractivity contribution in [2.75, 3.05) is 59.6 Å². The second-order valence-corrected chi connectivity index (χ2v) is 34.8. The first-order valence-electron chi connectivity index (χ1n) is 38.7. The van der Waals surface area contributed by atoms with Gasteiger partial charge in [-0.05, 0) is 291 Å². The van der Waals surface area contributed by atoms with E-state index in [4.69, 9.17) is 56.8 Å². The first-order valence-corrected chi connectivity index (χ1v) is 38.7. The van der Waals surface area contributed by atoms with Crippen LogP contribution in [0.5, 0.6) is 34.5 Å². The molecule has 12 heterocycles. The van der Waals surface area contributed by atoms with Gasteiger partial charge in [0.15, 0.2) is 51.3 Å². The van der Waals surface area contributed by atoms with Gasteiger partial charge in [0.25, 0.3) is 0 Å². The summed E-state index contributed by atoms with van der Waals surface area (Å²) in [6, 6.07) is 12.6. The summed E-state index contributed by atoms with van der Waals surface area (Å²) in [5.41, 5.74) is 4.36. The molecule has 0 radical (unpaired) electrons. The highest BCUT2D eigenvalue weighted by Crippen LogP contribution is 2.60. The molecule has 0 saturated carbocycles. The monoisotopic (exact) mass is 1450 g/mol. The number of nitrogens with zero attached hydrogens (tertiary/aromatic N) is 3. The molecule has 15 aliphatic rings. The van der Waals surface area contributed by atoms with Crippen LogP contribution in [0.2, 0.25) is 0 Å². The highest BCUT2D eigenvalue weighted by Gasteiger charge is 2.63. The van der Waals surface area contributed by atoms with E-state index in [0.717, 1.165) is 185 Å². The number of aliphatic carboxylic acids is 2. The van der Waals surface area contributed by atoms with Gasteiger partial charge in [-0.1, -0.05) is 18.2 Å². The average Bonchev–Trinajstić information content (AvgIpc) is 1.16. The maximum Gasteiger partial charge on any atom is 0.339 e. The number of carbonyl (C=O) groups is 5. The van der Waals surface area contributed by atoms with Crippen LogP contribution in [0.3, 0.4) is 0 Å². The van der Waals surface area contributed by atoms with Crippen LogP contribution in [-0.2, 0) is 71.7 Å². The van der Waals surface area contributed by atoms with E-state index in [2.05, 4.69) is 90.1 Å². The van der Waals surface area contributed by atoms with Crippen LogP contribution >= 0.6 is 0 Å². The van der Waals surface area contributed by atoms with Gasteiger partial charge in [-0.3, -0.25) is 24.3 Å². The van der Waals surface area contributed by atoms with Crippen molar-refractivity contribution in [1.82, 2.24) is 14.7 Å². The lowest BCUT2D eigenvalue weighted by molar-refractivity contribution is -0.215. The van der Waals surface area contributed by atoms with E-state index in [9.17, 15) is 34.2 Å². The molecule has 0 amide bonds. The Morgan fingerprint density at radius 3 is 1.01 bits per heavy atom. The largest absolute Gasteiger partial charge is 0.481 e. The van der Waals surface area contributed by atoms with Gasteiger partial charge < -0.3 is 67.1 Å². The minimum absolute atomic E-state index is 0.0520. The molecular formula is C83H105N3O19. The molecular weight excluding hydrogens is 1340 g/mol. The molecule has 22 heteroatoms. The first-order chi connectivity index (χ1) is 50.0. The van der Waals surface area contributed by atoms with Crippen LogP contribution in [-0.4, -0.2) is 183 Å². The molecule has 18 rings (SSSR count). The topological polar surface area (TPSA) is 246 Å². The molecule has 6 saturated heterocycles. The Balaban J connectivity index is 0.000000121. The predicted molar refractivity (Wildman–Crippen MR) is 384 cm³/mol. The van der Waals surface area contributed by atoms with Crippen molar-refractivity contribution in [3.63, 3.8) is 0 Å². The molecule has 566 valence electrons. The number of esters is 3. The van der Waals surface area contributed by atoms with Gasteiger partial charge in [0, 0.05) is 37.4 Å². The third-order valence-electron chi connectivity index (χ3n) is 26.3. The van der Waals surface area contributed by atoms with Crippen molar-refractivity contribution in [2.24, 2.45) is 0 Å². The molecule has 0 aromatic heterocycles. The van der Waals surface area contributed by atoms with Gasteiger partial charge in [-0.25, -0.2) is 14.4 Å². The van der Waals surface area contributed by atoms with Gasteiger partial charge in [0.05, 0.1) is 46.3 Å². The summed E-state index contributed by atoms with van der Waals surface area (Å²) in [6.07, 6.45) is 20.3.